The van der Waals surface area contributed by atoms with Gasteiger partial charge in [-0.3, -0.25) is 0 Å². The van der Waals surface area contributed by atoms with Crippen LogP contribution in [-0.2, 0) is 16.6 Å². The van der Waals surface area contributed by atoms with E-state index < -0.39 is 10.0 Å². The van der Waals surface area contributed by atoms with Crippen molar-refractivity contribution in [1.82, 2.24) is 14.2 Å². The van der Waals surface area contributed by atoms with Gasteiger partial charge in [-0.05, 0) is 30.8 Å². The molecule has 8 nitrogen and oxygen atoms in total. The highest BCUT2D eigenvalue weighted by Crippen LogP contribution is 2.22. The lowest BCUT2D eigenvalue weighted by Crippen LogP contribution is -2.47. The summed E-state index contributed by atoms with van der Waals surface area (Å²) in [5, 5.41) is 2.89. The Morgan fingerprint density at radius 1 is 1.14 bits per heavy atom. The Hall–Kier alpha value is -1.76. The normalized spacial score (nSPS) is 16.4. The molecule has 0 radical (unpaired) electrons. The van der Waals surface area contributed by atoms with Gasteiger partial charge < -0.3 is 16.0 Å². The SMILES string of the molecule is CN1CCN(S(=O)(=O)c2ccccc2CN=C(N)Nc2ccccn2)CC1.I. The number of anilines is 1. The lowest BCUT2D eigenvalue weighted by atomic mass is 10.2. The van der Waals surface area contributed by atoms with Crippen LogP contribution in [0, 0.1) is 0 Å². The first-order valence-corrected chi connectivity index (χ1v) is 10.2. The molecule has 2 aromatic rings. The third-order valence-electron chi connectivity index (χ3n) is 4.39. The molecule has 1 aromatic carbocycles. The number of rotatable bonds is 5. The first-order valence-electron chi connectivity index (χ1n) is 8.71. The van der Waals surface area contributed by atoms with Crippen molar-refractivity contribution in [2.24, 2.45) is 10.7 Å². The number of guanidine groups is 1. The van der Waals surface area contributed by atoms with Gasteiger partial charge in [0.2, 0.25) is 10.0 Å². The van der Waals surface area contributed by atoms with Gasteiger partial charge in [-0.1, -0.05) is 24.3 Å². The van der Waals surface area contributed by atoms with Crippen LogP contribution in [0.1, 0.15) is 5.56 Å². The third kappa shape index (κ3) is 5.63. The number of nitrogens with one attached hydrogen (secondary N) is 1. The van der Waals surface area contributed by atoms with Gasteiger partial charge in [-0.2, -0.15) is 4.31 Å². The summed E-state index contributed by atoms with van der Waals surface area (Å²) in [4.78, 5) is 10.8. The maximum atomic E-state index is 13.1. The van der Waals surface area contributed by atoms with E-state index in [9.17, 15) is 8.42 Å². The fourth-order valence-corrected chi connectivity index (χ4v) is 4.47. The minimum absolute atomic E-state index is 0. The summed E-state index contributed by atoms with van der Waals surface area (Å²) in [6.45, 7) is 2.58. The standard InChI is InChI=1S/C18H24N6O2S.HI/c1-23-10-12-24(13-11-23)27(25,26)16-7-3-2-6-15(16)14-21-18(19)22-17-8-4-5-9-20-17;/h2-9H,10-14H2,1H3,(H3,19,20,21,22);1H. The van der Waals surface area contributed by atoms with Crippen molar-refractivity contribution in [2.75, 3.05) is 38.5 Å². The minimum Gasteiger partial charge on any atom is -0.370 e. The van der Waals surface area contributed by atoms with Crippen LogP contribution in [0.3, 0.4) is 0 Å². The number of nitrogens with two attached hydrogens (primary N) is 1. The van der Waals surface area contributed by atoms with Gasteiger partial charge in [0.15, 0.2) is 5.96 Å². The number of likely N-dealkylation sites (N-methyl/N-ethyl adjacent to an activating group) is 1. The van der Waals surface area contributed by atoms with Crippen LogP contribution >= 0.6 is 24.0 Å². The molecule has 0 aliphatic carbocycles. The molecule has 1 aromatic heterocycles. The van der Waals surface area contributed by atoms with Crippen molar-refractivity contribution in [1.29, 1.82) is 0 Å². The molecule has 1 aliphatic rings. The maximum absolute atomic E-state index is 13.1. The van der Waals surface area contributed by atoms with Crippen molar-refractivity contribution < 1.29 is 8.42 Å². The van der Waals surface area contributed by atoms with Gasteiger partial charge in [0, 0.05) is 32.4 Å². The van der Waals surface area contributed by atoms with Gasteiger partial charge in [-0.25, -0.2) is 18.4 Å². The third-order valence-corrected chi connectivity index (χ3v) is 6.39. The maximum Gasteiger partial charge on any atom is 0.243 e. The average Bonchev–Trinajstić information content (AvgIpc) is 2.68. The molecule has 0 amide bonds. The van der Waals surface area contributed by atoms with Crippen LogP contribution in [0.15, 0.2) is 58.5 Å². The van der Waals surface area contributed by atoms with E-state index in [-0.39, 0.29) is 41.4 Å². The number of halogens is 1. The molecular weight excluding hydrogens is 491 g/mol. The molecule has 1 fully saturated rings. The van der Waals surface area contributed by atoms with E-state index in [4.69, 9.17) is 5.73 Å². The molecule has 28 heavy (non-hydrogen) atoms. The molecule has 2 heterocycles. The number of hydrogen-bond acceptors (Lipinski definition) is 5. The number of aromatic nitrogens is 1. The molecule has 0 bridgehead atoms. The van der Waals surface area contributed by atoms with E-state index in [0.717, 1.165) is 13.1 Å². The van der Waals surface area contributed by atoms with E-state index in [2.05, 4.69) is 20.2 Å². The second-order valence-electron chi connectivity index (χ2n) is 6.36. The number of pyridine rings is 1. The van der Waals surface area contributed by atoms with Gasteiger partial charge in [0.05, 0.1) is 11.4 Å². The Morgan fingerprint density at radius 3 is 2.50 bits per heavy atom. The zero-order valence-corrected chi connectivity index (χ0v) is 18.8. The van der Waals surface area contributed by atoms with Crippen LogP contribution < -0.4 is 11.1 Å². The van der Waals surface area contributed by atoms with Crippen LogP contribution in [-0.4, -0.2) is 61.8 Å². The summed E-state index contributed by atoms with van der Waals surface area (Å²) in [7, 11) is -1.57. The second-order valence-corrected chi connectivity index (χ2v) is 8.26. The molecule has 3 rings (SSSR count). The molecule has 0 unspecified atom stereocenters. The zero-order valence-electron chi connectivity index (χ0n) is 15.7. The van der Waals surface area contributed by atoms with Crippen molar-refractivity contribution in [3.8, 4) is 0 Å². The molecule has 1 saturated heterocycles. The minimum atomic E-state index is -3.56. The Balaban J connectivity index is 0.00000280. The van der Waals surface area contributed by atoms with E-state index in [0.29, 0.717) is 24.5 Å². The molecule has 0 atom stereocenters. The summed E-state index contributed by atoms with van der Waals surface area (Å²) in [6.07, 6.45) is 1.65. The van der Waals surface area contributed by atoms with Crippen LogP contribution in [0.4, 0.5) is 5.82 Å². The fourth-order valence-electron chi connectivity index (χ4n) is 2.83. The lowest BCUT2D eigenvalue weighted by molar-refractivity contribution is 0.222. The van der Waals surface area contributed by atoms with Crippen LogP contribution in [0.5, 0.6) is 0 Å². The topological polar surface area (TPSA) is 104 Å². The first kappa shape index (κ1) is 22.5. The van der Waals surface area contributed by atoms with Crippen molar-refractivity contribution in [2.45, 2.75) is 11.4 Å². The van der Waals surface area contributed by atoms with Gasteiger partial charge >= 0.3 is 0 Å². The number of piperazine rings is 1. The molecule has 0 saturated carbocycles. The Kier molecular flexibility index (Phi) is 8.16. The van der Waals surface area contributed by atoms with Crippen LogP contribution in [0.25, 0.3) is 0 Å². The van der Waals surface area contributed by atoms with Crippen molar-refractivity contribution in [3.05, 3.63) is 54.2 Å². The molecule has 1 aliphatic heterocycles. The van der Waals surface area contributed by atoms with Gasteiger partial charge in [0.25, 0.3) is 0 Å². The average molecular weight is 516 g/mol. The smallest absolute Gasteiger partial charge is 0.243 e. The van der Waals surface area contributed by atoms with E-state index in [1.807, 2.05) is 13.1 Å². The quantitative estimate of drug-likeness (QED) is 0.355. The number of benzene rings is 1. The highest BCUT2D eigenvalue weighted by Gasteiger charge is 2.29. The Labute approximate surface area is 182 Å². The summed E-state index contributed by atoms with van der Waals surface area (Å²) in [5.74, 6) is 0.762. The number of hydrogen-bond donors (Lipinski definition) is 2. The molecule has 3 N–H and O–H groups in total. The fraction of sp³-hybridized carbons (Fsp3) is 0.333. The van der Waals surface area contributed by atoms with Crippen LogP contribution in [0.2, 0.25) is 0 Å². The number of nitrogens with zero attached hydrogens (tertiary/aromatic N) is 4. The van der Waals surface area contributed by atoms with Crippen molar-refractivity contribution >= 4 is 45.8 Å². The largest absolute Gasteiger partial charge is 0.370 e. The predicted octanol–water partition coefficient (Wildman–Crippen LogP) is 1.56. The summed E-state index contributed by atoms with van der Waals surface area (Å²) < 4.78 is 27.6. The highest BCUT2D eigenvalue weighted by molar-refractivity contribution is 14.0. The van der Waals surface area contributed by atoms with E-state index in [1.165, 1.54) is 4.31 Å². The first-order chi connectivity index (χ1) is 13.0. The van der Waals surface area contributed by atoms with Gasteiger partial charge in [0.1, 0.15) is 5.82 Å². The second kappa shape index (κ2) is 10.1. The van der Waals surface area contributed by atoms with E-state index in [1.54, 1.807) is 42.6 Å². The number of sulfonamides is 1. The Morgan fingerprint density at radius 2 is 1.82 bits per heavy atom. The summed E-state index contributed by atoms with van der Waals surface area (Å²) in [5.41, 5.74) is 6.52. The van der Waals surface area contributed by atoms with E-state index >= 15 is 0 Å². The summed E-state index contributed by atoms with van der Waals surface area (Å²) in [6, 6.07) is 12.3. The lowest BCUT2D eigenvalue weighted by Gasteiger charge is -2.32. The molecular formula is C18H25IN6O2S. The summed E-state index contributed by atoms with van der Waals surface area (Å²) >= 11 is 0. The Bertz CT molecular complexity index is 899. The number of aliphatic imine (C=N–C) groups is 1. The molecule has 10 heteroatoms. The molecule has 152 valence electrons. The monoisotopic (exact) mass is 516 g/mol. The van der Waals surface area contributed by atoms with Gasteiger partial charge in [-0.15, -0.1) is 24.0 Å². The highest BCUT2D eigenvalue weighted by atomic mass is 127. The molecule has 0 spiro atoms. The van der Waals surface area contributed by atoms with Crippen molar-refractivity contribution in [3.63, 3.8) is 0 Å². The zero-order chi connectivity index (χ0) is 19.3. The predicted molar refractivity (Wildman–Crippen MR) is 121 cm³/mol.